The summed E-state index contributed by atoms with van der Waals surface area (Å²) < 4.78 is 26.0. The molecule has 0 radical (unpaired) electrons. The molecule has 0 aromatic carbocycles. The summed E-state index contributed by atoms with van der Waals surface area (Å²) in [5.74, 6) is -1.03. The van der Waals surface area contributed by atoms with Gasteiger partial charge in [-0.15, -0.1) is 0 Å². The Balaban J connectivity index is 3.17. The normalized spacial score (nSPS) is 18.2. The average molecular weight is 784 g/mol. The molecule has 0 bridgehead atoms. The molecular weight excluding hydrogens is 691 g/mol. The summed E-state index contributed by atoms with van der Waals surface area (Å²) in [5, 5.41) is 0.340. The van der Waals surface area contributed by atoms with Gasteiger partial charge in [-0.05, 0) is 74.9 Å². The summed E-state index contributed by atoms with van der Waals surface area (Å²) in [6.45, 7) is 35.0. The number of carbonyl (C=O) groups is 1. The van der Waals surface area contributed by atoms with Crippen LogP contribution in [0.2, 0.25) is 36.3 Å². The van der Waals surface area contributed by atoms with E-state index in [9.17, 15) is 4.79 Å². The minimum absolute atomic E-state index is 0.170. The topological polar surface area (TPSA) is 57.2 Å². The summed E-state index contributed by atoms with van der Waals surface area (Å²) >= 11 is 0. The van der Waals surface area contributed by atoms with Gasteiger partial charge >= 0.3 is 5.97 Å². The Hall–Kier alpha value is -0.256. The standard InChI is InChI=1S/C45H93NO5Si2/c1-15-17-19-21-23-25-27-29-33-39(50-52(11,12)43(3,4)5)37-46(36-32-31-35-41-42(47)49-45(9,10)48-41)38-40(51-53(13,14)44(6,7)8)34-30-28-26-24-22-20-18-16-2/h39-41H,15-38H2,1-14H3/t39-,40-,41?/m1/s1. The fraction of sp³-hybridized carbons (Fsp3) is 0.978. The van der Waals surface area contributed by atoms with Crippen LogP contribution in [0.3, 0.4) is 0 Å². The predicted molar refractivity (Wildman–Crippen MR) is 234 cm³/mol. The van der Waals surface area contributed by atoms with Gasteiger partial charge in [0, 0.05) is 26.9 Å². The summed E-state index contributed by atoms with van der Waals surface area (Å²) in [4.78, 5) is 15.2. The van der Waals surface area contributed by atoms with Crippen LogP contribution in [-0.4, -0.2) is 71.2 Å². The maximum absolute atomic E-state index is 12.5. The van der Waals surface area contributed by atoms with Crippen LogP contribution in [0.1, 0.15) is 204 Å². The number of hydrogen-bond acceptors (Lipinski definition) is 6. The van der Waals surface area contributed by atoms with Crippen molar-refractivity contribution >= 4 is 22.6 Å². The Bertz CT molecular complexity index is 904. The Morgan fingerprint density at radius 1 is 0.623 bits per heavy atom. The molecule has 1 unspecified atom stereocenters. The lowest BCUT2D eigenvalue weighted by atomic mass is 10.0. The monoisotopic (exact) mass is 784 g/mol. The molecule has 0 amide bonds. The Labute approximate surface area is 333 Å². The molecule has 0 aromatic rings. The zero-order valence-corrected chi connectivity index (χ0v) is 40.2. The largest absolute Gasteiger partial charge is 0.432 e. The van der Waals surface area contributed by atoms with Crippen molar-refractivity contribution in [2.75, 3.05) is 19.6 Å². The molecule has 8 heteroatoms. The van der Waals surface area contributed by atoms with Crippen LogP contribution in [0.5, 0.6) is 0 Å². The van der Waals surface area contributed by atoms with Gasteiger partial charge < -0.3 is 18.3 Å². The van der Waals surface area contributed by atoms with Crippen molar-refractivity contribution in [3.05, 3.63) is 0 Å². The number of rotatable bonds is 31. The van der Waals surface area contributed by atoms with Gasteiger partial charge in [-0.1, -0.05) is 158 Å². The van der Waals surface area contributed by atoms with E-state index in [1.165, 1.54) is 103 Å². The van der Waals surface area contributed by atoms with E-state index in [0.717, 1.165) is 45.3 Å². The maximum Gasteiger partial charge on any atom is 0.337 e. The van der Waals surface area contributed by atoms with E-state index in [1.807, 2.05) is 13.8 Å². The van der Waals surface area contributed by atoms with Gasteiger partial charge in [0.2, 0.25) is 5.79 Å². The van der Waals surface area contributed by atoms with E-state index in [4.69, 9.17) is 18.3 Å². The van der Waals surface area contributed by atoms with Crippen LogP contribution in [0.4, 0.5) is 0 Å². The fourth-order valence-corrected chi connectivity index (χ4v) is 9.73. The van der Waals surface area contributed by atoms with E-state index in [1.54, 1.807) is 0 Å². The summed E-state index contributed by atoms with van der Waals surface area (Å²) in [6, 6.07) is 0. The number of ether oxygens (including phenoxy) is 2. The molecule has 1 aliphatic rings. The number of nitrogens with zero attached hydrogens (tertiary/aromatic N) is 1. The van der Waals surface area contributed by atoms with Crippen molar-refractivity contribution in [2.24, 2.45) is 0 Å². The molecule has 3 atom stereocenters. The molecule has 0 aromatic heterocycles. The van der Waals surface area contributed by atoms with Crippen LogP contribution in [0.15, 0.2) is 0 Å². The highest BCUT2D eigenvalue weighted by molar-refractivity contribution is 6.74. The van der Waals surface area contributed by atoms with Gasteiger partial charge in [-0.2, -0.15) is 0 Å². The fourth-order valence-electron chi connectivity index (χ4n) is 6.97. The lowest BCUT2D eigenvalue weighted by Gasteiger charge is -2.42. The predicted octanol–water partition coefficient (Wildman–Crippen LogP) is 14.0. The SMILES string of the molecule is CCCCCCCCCC[C@H](CN(CCCCC1OC(C)(C)OC1=O)C[C@@H](CCCCCCCCCC)O[Si](C)(C)C(C)(C)C)O[Si](C)(C)C(C)(C)C. The molecule has 316 valence electrons. The smallest absolute Gasteiger partial charge is 0.337 e. The van der Waals surface area contributed by atoms with Gasteiger partial charge in [-0.25, -0.2) is 4.79 Å². The lowest BCUT2D eigenvalue weighted by molar-refractivity contribution is -0.160. The van der Waals surface area contributed by atoms with Crippen LogP contribution in [0, 0.1) is 0 Å². The first-order valence-electron chi connectivity index (χ1n) is 22.6. The Morgan fingerprint density at radius 2 is 1.00 bits per heavy atom. The third kappa shape index (κ3) is 21.7. The van der Waals surface area contributed by atoms with Crippen LogP contribution >= 0.6 is 0 Å². The number of esters is 1. The van der Waals surface area contributed by atoms with Crippen molar-refractivity contribution in [1.82, 2.24) is 4.90 Å². The second-order valence-electron chi connectivity index (χ2n) is 20.2. The average Bonchev–Trinajstić information content (AvgIpc) is 3.30. The summed E-state index contributed by atoms with van der Waals surface area (Å²) in [5.41, 5.74) is 0. The molecular formula is C45H93NO5Si2. The zero-order valence-electron chi connectivity index (χ0n) is 38.2. The van der Waals surface area contributed by atoms with Crippen molar-refractivity contribution in [3.8, 4) is 0 Å². The number of cyclic esters (lactones) is 1. The minimum Gasteiger partial charge on any atom is -0.432 e. The van der Waals surface area contributed by atoms with Crippen LogP contribution < -0.4 is 0 Å². The van der Waals surface area contributed by atoms with E-state index in [0.29, 0.717) is 6.42 Å². The van der Waals surface area contributed by atoms with Crippen molar-refractivity contribution in [2.45, 2.75) is 264 Å². The third-order valence-electron chi connectivity index (χ3n) is 12.4. The first kappa shape index (κ1) is 50.8. The van der Waals surface area contributed by atoms with Gasteiger partial charge in [0.15, 0.2) is 22.7 Å². The van der Waals surface area contributed by atoms with Gasteiger partial charge in [0.25, 0.3) is 0 Å². The van der Waals surface area contributed by atoms with Crippen LogP contribution in [0.25, 0.3) is 0 Å². The van der Waals surface area contributed by atoms with E-state index < -0.39 is 28.5 Å². The number of carbonyl (C=O) groups excluding carboxylic acids is 1. The van der Waals surface area contributed by atoms with Crippen molar-refractivity contribution in [3.63, 3.8) is 0 Å². The molecule has 1 fully saturated rings. The quantitative estimate of drug-likeness (QED) is 0.0396. The van der Waals surface area contributed by atoms with Crippen molar-refractivity contribution in [1.29, 1.82) is 0 Å². The zero-order chi connectivity index (χ0) is 40.2. The van der Waals surface area contributed by atoms with Gasteiger partial charge in [0.1, 0.15) is 0 Å². The maximum atomic E-state index is 12.5. The second kappa shape index (κ2) is 25.2. The molecule has 0 N–H and O–H groups in total. The Morgan fingerprint density at radius 3 is 1.34 bits per heavy atom. The molecule has 6 nitrogen and oxygen atoms in total. The van der Waals surface area contributed by atoms with Crippen molar-refractivity contribution < 1.29 is 23.1 Å². The van der Waals surface area contributed by atoms with E-state index in [-0.39, 0.29) is 28.3 Å². The third-order valence-corrected chi connectivity index (χ3v) is 21.5. The second-order valence-corrected chi connectivity index (χ2v) is 29.7. The number of unbranched alkanes of at least 4 members (excludes halogenated alkanes) is 15. The molecule has 0 aliphatic carbocycles. The highest BCUT2D eigenvalue weighted by Crippen LogP contribution is 2.39. The van der Waals surface area contributed by atoms with Gasteiger partial charge in [-0.3, -0.25) is 4.90 Å². The summed E-state index contributed by atoms with van der Waals surface area (Å²) in [7, 11) is -3.93. The van der Waals surface area contributed by atoms with Crippen LogP contribution in [-0.2, 0) is 23.1 Å². The molecule has 1 heterocycles. The first-order chi connectivity index (χ1) is 24.6. The first-order valence-corrected chi connectivity index (χ1v) is 28.4. The molecule has 1 rings (SSSR count). The van der Waals surface area contributed by atoms with E-state index >= 15 is 0 Å². The highest BCUT2D eigenvalue weighted by atomic mass is 28.4. The molecule has 1 aliphatic heterocycles. The molecule has 0 spiro atoms. The lowest BCUT2D eigenvalue weighted by Crippen LogP contribution is -2.50. The van der Waals surface area contributed by atoms with Gasteiger partial charge in [0.05, 0.1) is 12.2 Å². The minimum atomic E-state index is -1.97. The molecule has 0 saturated carbocycles. The number of hydrogen-bond donors (Lipinski definition) is 0. The highest BCUT2D eigenvalue weighted by Gasteiger charge is 2.42. The Kier molecular flexibility index (Phi) is 24.1. The molecule has 1 saturated heterocycles. The molecule has 53 heavy (non-hydrogen) atoms. The summed E-state index contributed by atoms with van der Waals surface area (Å²) in [6.07, 6.45) is 26.2. The van der Waals surface area contributed by atoms with E-state index in [2.05, 4.69) is 86.5 Å².